The first kappa shape index (κ1) is 13.6. The lowest BCUT2D eigenvalue weighted by molar-refractivity contribution is 1.13. The van der Waals surface area contributed by atoms with Crippen molar-refractivity contribution < 1.29 is 0 Å². The number of nitrogens with two attached hydrogens (primary N) is 1. The third-order valence-electron chi connectivity index (χ3n) is 3.13. The Labute approximate surface area is 119 Å². The molecule has 2 rings (SSSR count). The molecular formula is C16H18N2S. The van der Waals surface area contributed by atoms with Gasteiger partial charge >= 0.3 is 0 Å². The third-order valence-corrected chi connectivity index (χ3v) is 3.35. The number of hydrogen-bond acceptors (Lipinski definition) is 2. The van der Waals surface area contributed by atoms with Crippen molar-refractivity contribution in [3.05, 3.63) is 64.7 Å². The van der Waals surface area contributed by atoms with Crippen molar-refractivity contribution in [2.45, 2.75) is 20.4 Å². The van der Waals surface area contributed by atoms with Gasteiger partial charge in [-0.15, -0.1) is 0 Å². The van der Waals surface area contributed by atoms with E-state index in [-0.39, 0.29) is 0 Å². The van der Waals surface area contributed by atoms with Crippen LogP contribution in [0.1, 0.15) is 22.3 Å². The fourth-order valence-electron chi connectivity index (χ4n) is 2.00. The zero-order chi connectivity index (χ0) is 13.8. The van der Waals surface area contributed by atoms with Gasteiger partial charge < -0.3 is 11.1 Å². The summed E-state index contributed by atoms with van der Waals surface area (Å²) in [7, 11) is 0. The van der Waals surface area contributed by atoms with E-state index in [1.807, 2.05) is 12.1 Å². The minimum absolute atomic E-state index is 0.426. The van der Waals surface area contributed by atoms with Crippen LogP contribution in [0.3, 0.4) is 0 Å². The van der Waals surface area contributed by atoms with Crippen molar-refractivity contribution in [3.8, 4) is 0 Å². The maximum atomic E-state index is 5.76. The van der Waals surface area contributed by atoms with E-state index in [2.05, 4.69) is 49.5 Å². The fourth-order valence-corrected chi connectivity index (χ4v) is 2.17. The summed E-state index contributed by atoms with van der Waals surface area (Å²) in [5.41, 5.74) is 11.3. The van der Waals surface area contributed by atoms with Crippen molar-refractivity contribution in [2.24, 2.45) is 5.73 Å². The molecule has 0 atom stereocenters. The summed E-state index contributed by atoms with van der Waals surface area (Å²) in [5, 5.41) is 3.43. The van der Waals surface area contributed by atoms with Crippen molar-refractivity contribution >= 4 is 22.9 Å². The van der Waals surface area contributed by atoms with Crippen LogP contribution in [-0.2, 0) is 6.54 Å². The Kier molecular flexibility index (Phi) is 4.17. The lowest BCUT2D eigenvalue weighted by atomic mass is 10.1. The van der Waals surface area contributed by atoms with Crippen LogP contribution in [0.2, 0.25) is 0 Å². The Balaban J connectivity index is 2.19. The van der Waals surface area contributed by atoms with Gasteiger partial charge in [0, 0.05) is 17.8 Å². The first-order valence-electron chi connectivity index (χ1n) is 6.27. The predicted octanol–water partition coefficient (Wildman–Crippen LogP) is 3.55. The highest BCUT2D eigenvalue weighted by molar-refractivity contribution is 7.80. The molecule has 0 unspecified atom stereocenters. The highest BCUT2D eigenvalue weighted by Gasteiger charge is 2.07. The van der Waals surface area contributed by atoms with Crippen LogP contribution < -0.4 is 11.1 Å². The standard InChI is InChI=1S/C16H18N2S/c1-11-6-8-13(9-7-11)10-18-15-12(2)4-3-5-14(15)16(17)19/h3-9,18H,10H2,1-2H3,(H2,17,19). The van der Waals surface area contributed by atoms with Gasteiger partial charge in [0.2, 0.25) is 0 Å². The molecule has 0 saturated heterocycles. The van der Waals surface area contributed by atoms with E-state index in [4.69, 9.17) is 18.0 Å². The Morgan fingerprint density at radius 2 is 1.79 bits per heavy atom. The van der Waals surface area contributed by atoms with Gasteiger partial charge in [0.05, 0.1) is 0 Å². The number of hydrogen-bond donors (Lipinski definition) is 2. The van der Waals surface area contributed by atoms with Gasteiger partial charge in [0.1, 0.15) is 4.99 Å². The maximum Gasteiger partial charge on any atom is 0.106 e. The molecule has 0 aromatic heterocycles. The fraction of sp³-hybridized carbons (Fsp3) is 0.188. The second-order valence-electron chi connectivity index (χ2n) is 4.70. The number of rotatable bonds is 4. The Bertz CT molecular complexity index is 588. The zero-order valence-corrected chi connectivity index (χ0v) is 12.1. The molecule has 0 fully saturated rings. The molecule has 3 N–H and O–H groups in total. The van der Waals surface area contributed by atoms with E-state index in [0.29, 0.717) is 4.99 Å². The minimum atomic E-state index is 0.426. The predicted molar refractivity (Wildman–Crippen MR) is 85.6 cm³/mol. The Morgan fingerprint density at radius 3 is 2.42 bits per heavy atom. The van der Waals surface area contributed by atoms with Gasteiger partial charge in [-0.05, 0) is 31.0 Å². The van der Waals surface area contributed by atoms with Crippen molar-refractivity contribution in [2.75, 3.05) is 5.32 Å². The molecule has 0 aliphatic heterocycles. The van der Waals surface area contributed by atoms with Crippen LogP contribution in [0.15, 0.2) is 42.5 Å². The van der Waals surface area contributed by atoms with E-state index in [0.717, 1.165) is 23.4 Å². The molecule has 0 saturated carbocycles. The van der Waals surface area contributed by atoms with Crippen LogP contribution in [0.5, 0.6) is 0 Å². The number of para-hydroxylation sites is 1. The van der Waals surface area contributed by atoms with Crippen LogP contribution >= 0.6 is 12.2 Å². The number of anilines is 1. The normalized spacial score (nSPS) is 10.2. The van der Waals surface area contributed by atoms with E-state index < -0.39 is 0 Å². The third kappa shape index (κ3) is 3.32. The van der Waals surface area contributed by atoms with Gasteiger partial charge in [-0.3, -0.25) is 0 Å². The maximum absolute atomic E-state index is 5.76. The highest BCUT2D eigenvalue weighted by Crippen LogP contribution is 2.21. The zero-order valence-electron chi connectivity index (χ0n) is 11.2. The average Bonchev–Trinajstić information content (AvgIpc) is 2.39. The van der Waals surface area contributed by atoms with Crippen LogP contribution in [-0.4, -0.2) is 4.99 Å². The van der Waals surface area contributed by atoms with Crippen LogP contribution in [0.25, 0.3) is 0 Å². The molecule has 19 heavy (non-hydrogen) atoms. The van der Waals surface area contributed by atoms with Crippen molar-refractivity contribution in [3.63, 3.8) is 0 Å². The molecule has 2 aromatic rings. The molecule has 2 nitrogen and oxygen atoms in total. The van der Waals surface area contributed by atoms with Gasteiger partial charge in [-0.25, -0.2) is 0 Å². The Morgan fingerprint density at radius 1 is 1.11 bits per heavy atom. The lowest BCUT2D eigenvalue weighted by Crippen LogP contribution is -2.14. The van der Waals surface area contributed by atoms with Crippen molar-refractivity contribution in [1.29, 1.82) is 0 Å². The number of aryl methyl sites for hydroxylation is 2. The van der Waals surface area contributed by atoms with Gasteiger partial charge in [-0.1, -0.05) is 54.2 Å². The summed E-state index contributed by atoms with van der Waals surface area (Å²) < 4.78 is 0. The summed E-state index contributed by atoms with van der Waals surface area (Å²) in [6.45, 7) is 4.91. The SMILES string of the molecule is Cc1ccc(CNc2c(C)cccc2C(N)=S)cc1. The topological polar surface area (TPSA) is 38.0 Å². The quantitative estimate of drug-likeness (QED) is 0.834. The summed E-state index contributed by atoms with van der Waals surface area (Å²) in [6, 6.07) is 14.5. The van der Waals surface area contributed by atoms with Crippen molar-refractivity contribution in [1.82, 2.24) is 0 Å². The summed E-state index contributed by atoms with van der Waals surface area (Å²) in [4.78, 5) is 0.426. The summed E-state index contributed by atoms with van der Waals surface area (Å²) in [5.74, 6) is 0. The second-order valence-corrected chi connectivity index (χ2v) is 5.14. The van der Waals surface area contributed by atoms with E-state index in [1.54, 1.807) is 0 Å². The first-order chi connectivity index (χ1) is 9.08. The second kappa shape index (κ2) is 5.85. The van der Waals surface area contributed by atoms with Gasteiger partial charge in [-0.2, -0.15) is 0 Å². The number of benzene rings is 2. The molecule has 3 heteroatoms. The highest BCUT2D eigenvalue weighted by atomic mass is 32.1. The molecule has 0 aliphatic carbocycles. The molecule has 0 spiro atoms. The monoisotopic (exact) mass is 270 g/mol. The van der Waals surface area contributed by atoms with Crippen LogP contribution in [0.4, 0.5) is 5.69 Å². The molecule has 0 radical (unpaired) electrons. The molecular weight excluding hydrogens is 252 g/mol. The molecule has 0 aliphatic rings. The molecule has 98 valence electrons. The van der Waals surface area contributed by atoms with E-state index in [9.17, 15) is 0 Å². The average molecular weight is 270 g/mol. The van der Waals surface area contributed by atoms with Gasteiger partial charge in [0.15, 0.2) is 0 Å². The Hall–Kier alpha value is -1.87. The smallest absolute Gasteiger partial charge is 0.106 e. The molecule has 0 bridgehead atoms. The largest absolute Gasteiger partial charge is 0.389 e. The molecule has 0 heterocycles. The van der Waals surface area contributed by atoms with Gasteiger partial charge in [0.25, 0.3) is 0 Å². The summed E-state index contributed by atoms with van der Waals surface area (Å²) >= 11 is 5.09. The molecule has 0 amide bonds. The number of thiocarbonyl (C=S) groups is 1. The van der Waals surface area contributed by atoms with Crippen LogP contribution in [0, 0.1) is 13.8 Å². The van der Waals surface area contributed by atoms with E-state index in [1.165, 1.54) is 11.1 Å². The number of nitrogens with one attached hydrogen (secondary N) is 1. The lowest BCUT2D eigenvalue weighted by Gasteiger charge is -2.14. The first-order valence-corrected chi connectivity index (χ1v) is 6.67. The molecule has 2 aromatic carbocycles. The minimum Gasteiger partial charge on any atom is -0.389 e. The van der Waals surface area contributed by atoms with E-state index >= 15 is 0 Å². The summed E-state index contributed by atoms with van der Waals surface area (Å²) in [6.07, 6.45) is 0.